The molecule has 0 aliphatic rings. The highest BCUT2D eigenvalue weighted by Crippen LogP contribution is 2.25. The van der Waals surface area contributed by atoms with E-state index in [1.165, 1.54) is 0 Å². The number of rotatable bonds is 6. The van der Waals surface area contributed by atoms with Crippen LogP contribution in [0.4, 0.5) is 0 Å². The molecule has 0 saturated heterocycles. The van der Waals surface area contributed by atoms with Crippen molar-refractivity contribution in [3.63, 3.8) is 0 Å². The second kappa shape index (κ2) is 7.59. The van der Waals surface area contributed by atoms with E-state index in [0.717, 1.165) is 0 Å². The zero-order valence-corrected chi connectivity index (χ0v) is 15.8. The lowest BCUT2D eigenvalue weighted by Crippen LogP contribution is -2.33. The summed E-state index contributed by atoms with van der Waals surface area (Å²) in [6.07, 6.45) is -0.289. The second-order valence-electron chi connectivity index (χ2n) is 4.67. The highest BCUT2D eigenvalue weighted by Gasteiger charge is 2.19. The number of halogens is 2. The van der Waals surface area contributed by atoms with Gasteiger partial charge in [0.1, 0.15) is 11.9 Å². The van der Waals surface area contributed by atoms with Crippen LogP contribution in [-0.2, 0) is 10.0 Å². The van der Waals surface area contributed by atoms with Crippen molar-refractivity contribution in [2.75, 3.05) is 6.54 Å². The number of ether oxygens (including phenoxy) is 1. The fourth-order valence-electron chi connectivity index (χ4n) is 1.76. The van der Waals surface area contributed by atoms with Crippen LogP contribution in [0.25, 0.3) is 0 Å². The molecule has 0 aliphatic carbocycles. The van der Waals surface area contributed by atoms with Crippen LogP contribution in [0, 0.1) is 0 Å². The molecule has 0 saturated carbocycles. The van der Waals surface area contributed by atoms with E-state index in [1.807, 2.05) is 37.3 Å². The van der Waals surface area contributed by atoms with Crippen molar-refractivity contribution in [2.24, 2.45) is 0 Å². The molecule has 7 heteroatoms. The lowest BCUT2D eigenvalue weighted by molar-refractivity contribution is 0.225. The van der Waals surface area contributed by atoms with Gasteiger partial charge in [0.05, 0.1) is 4.90 Å². The Morgan fingerprint density at radius 1 is 1.14 bits per heavy atom. The first kappa shape index (κ1) is 17.5. The summed E-state index contributed by atoms with van der Waals surface area (Å²) >= 11 is 6.53. The maximum absolute atomic E-state index is 12.3. The molecule has 1 atom stereocenters. The Bertz CT molecular complexity index is 736. The average Bonchev–Trinajstić information content (AvgIpc) is 2.49. The minimum Gasteiger partial charge on any atom is -0.489 e. The van der Waals surface area contributed by atoms with Crippen molar-refractivity contribution in [3.05, 3.63) is 57.5 Å². The van der Waals surface area contributed by atoms with Gasteiger partial charge in [0.2, 0.25) is 10.0 Å². The van der Waals surface area contributed by atoms with E-state index < -0.39 is 10.0 Å². The molecular weight excluding hydrogens is 434 g/mol. The summed E-state index contributed by atoms with van der Waals surface area (Å²) in [6.45, 7) is 1.99. The Morgan fingerprint density at radius 2 is 1.82 bits per heavy atom. The Labute approximate surface area is 147 Å². The summed E-state index contributed by atoms with van der Waals surface area (Å²) in [4.78, 5) is 0.189. The summed E-state index contributed by atoms with van der Waals surface area (Å²) in [7, 11) is -3.61. The molecule has 0 aliphatic heterocycles. The van der Waals surface area contributed by atoms with Crippen LogP contribution in [-0.4, -0.2) is 21.1 Å². The summed E-state index contributed by atoms with van der Waals surface area (Å²) in [5.41, 5.74) is 0. The zero-order valence-electron chi connectivity index (χ0n) is 11.8. The average molecular weight is 449 g/mol. The fraction of sp³-hybridized carbons (Fsp3) is 0.200. The molecule has 2 aromatic rings. The molecule has 118 valence electrons. The van der Waals surface area contributed by atoms with Crippen molar-refractivity contribution in [1.29, 1.82) is 0 Å². The lowest BCUT2D eigenvalue weighted by Gasteiger charge is -2.16. The summed E-state index contributed by atoms with van der Waals surface area (Å²) in [5.74, 6) is 0.706. The summed E-state index contributed by atoms with van der Waals surface area (Å²) in [5, 5.41) is 0. The van der Waals surface area contributed by atoms with Gasteiger partial charge in [-0.15, -0.1) is 0 Å². The fourth-order valence-corrected chi connectivity index (χ4v) is 4.38. The third-order valence-electron chi connectivity index (χ3n) is 2.82. The third-order valence-corrected chi connectivity index (χ3v) is 5.73. The largest absolute Gasteiger partial charge is 0.489 e. The highest BCUT2D eigenvalue weighted by atomic mass is 79.9. The molecule has 1 N–H and O–H groups in total. The van der Waals surface area contributed by atoms with Crippen LogP contribution in [0.2, 0.25) is 0 Å². The molecule has 0 radical (unpaired) electrons. The van der Waals surface area contributed by atoms with Crippen LogP contribution in [0.15, 0.2) is 62.4 Å². The predicted molar refractivity (Wildman–Crippen MR) is 93.6 cm³/mol. The van der Waals surface area contributed by atoms with Crippen molar-refractivity contribution < 1.29 is 13.2 Å². The predicted octanol–water partition coefficient (Wildman–Crippen LogP) is 3.96. The molecular formula is C15H15Br2NO3S. The standard InChI is InChI=1S/C15H15Br2NO3S/c1-11(21-13-5-3-2-4-6-13)10-18-22(19,20)15-9-12(16)7-8-14(15)17/h2-9,11,18H,10H2,1H3. The van der Waals surface area contributed by atoms with Crippen molar-refractivity contribution >= 4 is 41.9 Å². The van der Waals surface area contributed by atoms with Gasteiger partial charge in [-0.1, -0.05) is 34.1 Å². The molecule has 0 bridgehead atoms. The van der Waals surface area contributed by atoms with Crippen LogP contribution in [0.3, 0.4) is 0 Å². The molecule has 0 amide bonds. The number of sulfonamides is 1. The molecule has 1 unspecified atom stereocenters. The highest BCUT2D eigenvalue weighted by molar-refractivity contribution is 9.11. The first-order valence-corrected chi connectivity index (χ1v) is 9.62. The maximum Gasteiger partial charge on any atom is 0.241 e. The van der Waals surface area contributed by atoms with Crippen LogP contribution < -0.4 is 9.46 Å². The van der Waals surface area contributed by atoms with Crippen LogP contribution in [0.1, 0.15) is 6.92 Å². The minimum atomic E-state index is -3.61. The molecule has 4 nitrogen and oxygen atoms in total. The van der Waals surface area contributed by atoms with Gasteiger partial charge in [0, 0.05) is 15.5 Å². The Morgan fingerprint density at radius 3 is 2.50 bits per heavy atom. The van der Waals surface area contributed by atoms with E-state index in [4.69, 9.17) is 4.74 Å². The van der Waals surface area contributed by atoms with Gasteiger partial charge in [-0.25, -0.2) is 13.1 Å². The maximum atomic E-state index is 12.3. The molecule has 2 aromatic carbocycles. The molecule has 0 aromatic heterocycles. The Hall–Kier alpha value is -0.890. The quantitative estimate of drug-likeness (QED) is 0.727. The Balaban J connectivity index is 2.02. The molecule has 22 heavy (non-hydrogen) atoms. The smallest absolute Gasteiger partial charge is 0.241 e. The van der Waals surface area contributed by atoms with E-state index >= 15 is 0 Å². The zero-order chi connectivity index (χ0) is 16.2. The van der Waals surface area contributed by atoms with E-state index in [1.54, 1.807) is 18.2 Å². The number of para-hydroxylation sites is 1. The SMILES string of the molecule is CC(CNS(=O)(=O)c1cc(Br)ccc1Br)Oc1ccccc1. The lowest BCUT2D eigenvalue weighted by atomic mass is 10.3. The van der Waals surface area contributed by atoms with Crippen molar-refractivity contribution in [3.8, 4) is 5.75 Å². The van der Waals surface area contributed by atoms with Crippen LogP contribution in [0.5, 0.6) is 5.75 Å². The number of hydrogen-bond acceptors (Lipinski definition) is 3. The summed E-state index contributed by atoms with van der Waals surface area (Å²) < 4.78 is 34.1. The van der Waals surface area contributed by atoms with Gasteiger partial charge < -0.3 is 4.74 Å². The molecule has 0 heterocycles. The second-order valence-corrected chi connectivity index (χ2v) is 8.17. The minimum absolute atomic E-state index is 0.177. The van der Waals surface area contributed by atoms with Gasteiger partial charge in [-0.3, -0.25) is 0 Å². The van der Waals surface area contributed by atoms with E-state index in [0.29, 0.717) is 14.7 Å². The van der Waals surface area contributed by atoms with Crippen LogP contribution >= 0.6 is 31.9 Å². The molecule has 2 rings (SSSR count). The van der Waals surface area contributed by atoms with Gasteiger partial charge in [0.25, 0.3) is 0 Å². The monoisotopic (exact) mass is 447 g/mol. The first-order chi connectivity index (χ1) is 10.4. The normalized spacial score (nSPS) is 12.9. The summed E-state index contributed by atoms with van der Waals surface area (Å²) in [6, 6.07) is 14.3. The molecule has 0 spiro atoms. The topological polar surface area (TPSA) is 55.4 Å². The van der Waals surface area contributed by atoms with E-state index in [-0.39, 0.29) is 17.5 Å². The van der Waals surface area contributed by atoms with Gasteiger partial charge in [0.15, 0.2) is 0 Å². The van der Waals surface area contributed by atoms with E-state index in [9.17, 15) is 8.42 Å². The van der Waals surface area contributed by atoms with Gasteiger partial charge in [-0.05, 0) is 53.2 Å². The van der Waals surface area contributed by atoms with E-state index in [2.05, 4.69) is 36.6 Å². The van der Waals surface area contributed by atoms with Gasteiger partial charge >= 0.3 is 0 Å². The number of benzene rings is 2. The molecule has 0 fully saturated rings. The first-order valence-electron chi connectivity index (χ1n) is 6.55. The van der Waals surface area contributed by atoms with Gasteiger partial charge in [-0.2, -0.15) is 0 Å². The van der Waals surface area contributed by atoms with Crippen molar-refractivity contribution in [2.45, 2.75) is 17.9 Å². The Kier molecular flexibility index (Phi) is 6.02. The van der Waals surface area contributed by atoms with Crippen molar-refractivity contribution in [1.82, 2.24) is 4.72 Å². The number of nitrogens with one attached hydrogen (secondary N) is 1. The number of hydrogen-bond donors (Lipinski definition) is 1. The third kappa shape index (κ3) is 4.81.